The Bertz CT molecular complexity index is 1200. The largest absolute Gasteiger partial charge is 0.489 e. The summed E-state index contributed by atoms with van der Waals surface area (Å²) in [6.45, 7) is 1.51. The number of alkyl halides is 2. The predicted octanol–water partition coefficient (Wildman–Crippen LogP) is 3.18. The summed E-state index contributed by atoms with van der Waals surface area (Å²) in [5, 5.41) is 14.9. The highest BCUT2D eigenvalue weighted by Gasteiger charge is 2.47. The second-order valence-corrected chi connectivity index (χ2v) is 8.24. The number of benzene rings is 2. The van der Waals surface area contributed by atoms with Gasteiger partial charge in [-0.15, -0.1) is 0 Å². The second kappa shape index (κ2) is 9.70. The molecule has 4 rings (SSSR count). The SMILES string of the molecule is Cc1cc(COc2ccc(NC(=O)[C@H]3NCC(F)(F)C[C@@H]3C(=O)NO)cc2)c2ccccc2n1. The number of pyridine rings is 1. The summed E-state index contributed by atoms with van der Waals surface area (Å²) in [6, 6.07) is 15.1. The summed E-state index contributed by atoms with van der Waals surface area (Å²) in [6.07, 6.45) is -0.847. The molecule has 1 fully saturated rings. The number of hydrogen-bond acceptors (Lipinski definition) is 6. The molecule has 2 heterocycles. The number of nitrogens with zero attached hydrogens (tertiary/aromatic N) is 1. The van der Waals surface area contributed by atoms with Gasteiger partial charge in [0.25, 0.3) is 5.92 Å². The zero-order valence-corrected chi connectivity index (χ0v) is 18.3. The van der Waals surface area contributed by atoms with Crippen LogP contribution in [0.1, 0.15) is 17.7 Å². The molecule has 1 aliphatic heterocycles. The summed E-state index contributed by atoms with van der Waals surface area (Å²) >= 11 is 0. The van der Waals surface area contributed by atoms with Gasteiger partial charge < -0.3 is 10.1 Å². The summed E-state index contributed by atoms with van der Waals surface area (Å²) in [5.41, 5.74) is 4.54. The first-order valence-corrected chi connectivity index (χ1v) is 10.7. The number of hydroxylamine groups is 1. The van der Waals surface area contributed by atoms with Crippen molar-refractivity contribution in [1.29, 1.82) is 0 Å². The van der Waals surface area contributed by atoms with Crippen LogP contribution in [0.15, 0.2) is 54.6 Å². The van der Waals surface area contributed by atoms with Crippen molar-refractivity contribution >= 4 is 28.4 Å². The van der Waals surface area contributed by atoms with E-state index in [9.17, 15) is 18.4 Å². The number of carbonyl (C=O) groups is 2. The van der Waals surface area contributed by atoms with Gasteiger partial charge in [0.2, 0.25) is 11.8 Å². The summed E-state index contributed by atoms with van der Waals surface area (Å²) < 4.78 is 33.3. The molecule has 0 aliphatic carbocycles. The summed E-state index contributed by atoms with van der Waals surface area (Å²) in [5.74, 6) is -5.71. The molecule has 2 aromatic carbocycles. The third kappa shape index (κ3) is 5.29. The molecule has 1 aromatic heterocycles. The Hall–Kier alpha value is -3.63. The molecule has 34 heavy (non-hydrogen) atoms. The van der Waals surface area contributed by atoms with Crippen LogP contribution >= 0.6 is 0 Å². The first-order valence-electron chi connectivity index (χ1n) is 10.7. The average molecular weight is 470 g/mol. The van der Waals surface area contributed by atoms with Crippen LogP contribution in [0.5, 0.6) is 5.75 Å². The van der Waals surface area contributed by atoms with Crippen LogP contribution in [0.25, 0.3) is 10.9 Å². The van der Waals surface area contributed by atoms with E-state index >= 15 is 0 Å². The van der Waals surface area contributed by atoms with E-state index < -0.39 is 42.7 Å². The van der Waals surface area contributed by atoms with Crippen molar-refractivity contribution in [3.05, 3.63) is 65.9 Å². The molecule has 1 saturated heterocycles. The monoisotopic (exact) mass is 470 g/mol. The standard InChI is InChI=1S/C24H24F2N4O4/c1-14-10-15(18-4-2-3-5-20(18)28-14)12-34-17-8-6-16(7-9-17)29-23(32)21-19(22(31)30-33)11-24(25,26)13-27-21/h2-10,19,21,27,33H,11-13H2,1H3,(H,29,32)(H,30,31)/t19-,21-/m0/s1. The second-order valence-electron chi connectivity index (χ2n) is 8.24. The molecule has 0 bridgehead atoms. The van der Waals surface area contributed by atoms with Crippen LogP contribution in [0, 0.1) is 12.8 Å². The molecule has 0 radical (unpaired) electrons. The number of nitrogens with one attached hydrogen (secondary N) is 3. The molecule has 0 saturated carbocycles. The number of piperidine rings is 1. The fourth-order valence-electron chi connectivity index (χ4n) is 4.05. The predicted molar refractivity (Wildman–Crippen MR) is 121 cm³/mol. The van der Waals surface area contributed by atoms with E-state index in [0.29, 0.717) is 18.0 Å². The minimum atomic E-state index is -3.16. The third-order valence-corrected chi connectivity index (χ3v) is 5.68. The third-order valence-electron chi connectivity index (χ3n) is 5.68. The molecule has 2 atom stereocenters. The van der Waals surface area contributed by atoms with E-state index in [1.54, 1.807) is 24.3 Å². The molecular formula is C24H24F2N4O4. The van der Waals surface area contributed by atoms with Gasteiger partial charge in [0, 0.05) is 28.8 Å². The maximum atomic E-state index is 13.7. The number of amides is 2. The molecule has 1 aliphatic rings. The lowest BCUT2D eigenvalue weighted by atomic mass is 9.87. The lowest BCUT2D eigenvalue weighted by Gasteiger charge is -2.34. The van der Waals surface area contributed by atoms with Crippen molar-refractivity contribution in [1.82, 2.24) is 15.8 Å². The highest BCUT2D eigenvalue weighted by molar-refractivity contribution is 5.98. The number of para-hydroxylation sites is 1. The van der Waals surface area contributed by atoms with Crippen LogP contribution in [-0.2, 0) is 16.2 Å². The molecule has 4 N–H and O–H groups in total. The minimum Gasteiger partial charge on any atom is -0.489 e. The zero-order chi connectivity index (χ0) is 24.3. The normalized spacial score (nSPS) is 19.4. The van der Waals surface area contributed by atoms with Crippen molar-refractivity contribution < 1.29 is 28.3 Å². The number of rotatable bonds is 6. The van der Waals surface area contributed by atoms with Crippen molar-refractivity contribution in [3.8, 4) is 5.75 Å². The maximum Gasteiger partial charge on any atom is 0.261 e. The number of fused-ring (bicyclic) bond motifs is 1. The number of hydrogen-bond donors (Lipinski definition) is 4. The first-order chi connectivity index (χ1) is 16.3. The van der Waals surface area contributed by atoms with E-state index in [1.807, 2.05) is 37.3 Å². The van der Waals surface area contributed by atoms with E-state index in [-0.39, 0.29) is 0 Å². The zero-order valence-electron chi connectivity index (χ0n) is 18.3. The Morgan fingerprint density at radius 3 is 2.65 bits per heavy atom. The van der Waals surface area contributed by atoms with Crippen molar-refractivity contribution in [2.24, 2.45) is 5.92 Å². The van der Waals surface area contributed by atoms with Gasteiger partial charge in [-0.2, -0.15) is 0 Å². The van der Waals surface area contributed by atoms with Gasteiger partial charge in [0.15, 0.2) is 0 Å². The Labute approximate surface area is 194 Å². The van der Waals surface area contributed by atoms with E-state index in [2.05, 4.69) is 15.6 Å². The van der Waals surface area contributed by atoms with Crippen molar-refractivity contribution in [2.75, 3.05) is 11.9 Å². The average Bonchev–Trinajstić information content (AvgIpc) is 2.82. The first kappa shape index (κ1) is 23.5. The van der Waals surface area contributed by atoms with Crippen LogP contribution < -0.4 is 20.9 Å². The van der Waals surface area contributed by atoms with Crippen LogP contribution in [-0.4, -0.2) is 40.5 Å². The van der Waals surface area contributed by atoms with Crippen molar-refractivity contribution in [2.45, 2.75) is 31.9 Å². The van der Waals surface area contributed by atoms with Gasteiger partial charge in [0.1, 0.15) is 12.4 Å². The molecule has 178 valence electrons. The number of ether oxygens (including phenoxy) is 1. The molecular weight excluding hydrogens is 446 g/mol. The number of anilines is 1. The quantitative estimate of drug-likeness (QED) is 0.325. The van der Waals surface area contributed by atoms with Gasteiger partial charge in [-0.05, 0) is 43.3 Å². The maximum absolute atomic E-state index is 13.7. The minimum absolute atomic E-state index is 0.327. The van der Waals surface area contributed by atoms with Crippen LogP contribution in [0.2, 0.25) is 0 Å². The van der Waals surface area contributed by atoms with Gasteiger partial charge in [0.05, 0.1) is 24.0 Å². The molecule has 8 nitrogen and oxygen atoms in total. The van der Waals surface area contributed by atoms with Crippen molar-refractivity contribution in [3.63, 3.8) is 0 Å². The number of halogens is 2. The Morgan fingerprint density at radius 2 is 1.91 bits per heavy atom. The number of aryl methyl sites for hydroxylation is 1. The lowest BCUT2D eigenvalue weighted by Crippen LogP contribution is -2.59. The fourth-order valence-corrected chi connectivity index (χ4v) is 4.05. The molecule has 3 aromatic rings. The van der Waals surface area contributed by atoms with Gasteiger partial charge in [-0.3, -0.25) is 25.1 Å². The molecule has 0 spiro atoms. The van der Waals surface area contributed by atoms with E-state index in [4.69, 9.17) is 9.94 Å². The summed E-state index contributed by atoms with van der Waals surface area (Å²) in [4.78, 5) is 29.0. The number of carbonyl (C=O) groups excluding carboxylic acids is 2. The molecule has 10 heteroatoms. The molecule has 2 amide bonds. The molecule has 0 unspecified atom stereocenters. The van der Waals surface area contributed by atoms with Crippen LogP contribution in [0.3, 0.4) is 0 Å². The fraction of sp³-hybridized carbons (Fsp3) is 0.292. The van der Waals surface area contributed by atoms with E-state index in [0.717, 1.165) is 22.2 Å². The smallest absolute Gasteiger partial charge is 0.261 e. The lowest BCUT2D eigenvalue weighted by molar-refractivity contribution is -0.145. The van der Waals surface area contributed by atoms with Gasteiger partial charge in [-0.1, -0.05) is 18.2 Å². The van der Waals surface area contributed by atoms with Gasteiger partial charge in [-0.25, -0.2) is 14.3 Å². The Kier molecular flexibility index (Phi) is 6.71. The van der Waals surface area contributed by atoms with Gasteiger partial charge >= 0.3 is 0 Å². The highest BCUT2D eigenvalue weighted by Crippen LogP contribution is 2.30. The Morgan fingerprint density at radius 1 is 1.18 bits per heavy atom. The topological polar surface area (TPSA) is 113 Å². The number of aromatic nitrogens is 1. The van der Waals surface area contributed by atoms with E-state index in [1.165, 1.54) is 5.48 Å². The van der Waals surface area contributed by atoms with Crippen LogP contribution in [0.4, 0.5) is 14.5 Å². The Balaban J connectivity index is 1.40. The summed E-state index contributed by atoms with van der Waals surface area (Å²) in [7, 11) is 0. The highest BCUT2D eigenvalue weighted by atomic mass is 19.3.